The van der Waals surface area contributed by atoms with Crippen molar-refractivity contribution in [3.05, 3.63) is 0 Å². The molecule has 0 atom stereocenters. The van der Waals surface area contributed by atoms with E-state index in [-0.39, 0.29) is 43.7 Å². The van der Waals surface area contributed by atoms with Gasteiger partial charge in [0.05, 0.1) is 0 Å². The van der Waals surface area contributed by atoms with Crippen molar-refractivity contribution in [1.29, 1.82) is 0 Å². The largest absolute Gasteiger partial charge is 0.367 e. The quantitative estimate of drug-likeness (QED) is 0.409. The van der Waals surface area contributed by atoms with Crippen LogP contribution in [0.3, 0.4) is 0 Å². The predicted molar refractivity (Wildman–Crippen MR) is 24.3 cm³/mol. The van der Waals surface area contributed by atoms with E-state index in [1.165, 1.54) is 0 Å². The molecule has 3 N–H and O–H groups in total. The monoisotopic (exact) mass is 125 g/mol. The Kier molecular flexibility index (Phi) is 3.23. The first kappa shape index (κ1) is 7.13. The number of tetrazole rings is 1. The van der Waals surface area contributed by atoms with Crippen LogP contribution < -0.4 is 5.73 Å². The zero-order valence-corrected chi connectivity index (χ0v) is 5.83. The van der Waals surface area contributed by atoms with Gasteiger partial charge in [0, 0.05) is 37.7 Å². The first-order valence-corrected chi connectivity index (χ1v) is 1.39. The summed E-state index contributed by atoms with van der Waals surface area (Å²) in [5.41, 5.74) is 4.99. The Morgan fingerprint density at radius 3 is 2.43 bits per heavy atom. The average molecular weight is 125 g/mol. The second-order valence-corrected chi connectivity index (χ2v) is 0.786. The summed E-state index contributed by atoms with van der Waals surface area (Å²) in [6.07, 6.45) is 0. The molecular weight excluding hydrogens is 122 g/mol. The third-order valence-corrected chi connectivity index (χ3v) is 0.362. The number of nitrogens with one attached hydrogen (secondary N) is 1. The molecule has 7 heavy (non-hydrogen) atoms. The van der Waals surface area contributed by atoms with Crippen molar-refractivity contribution >= 4 is 43.7 Å². The van der Waals surface area contributed by atoms with Gasteiger partial charge in [0.2, 0.25) is 5.95 Å². The molecule has 0 saturated heterocycles. The fourth-order valence-corrected chi connectivity index (χ4v) is 0.166. The fourth-order valence-electron chi connectivity index (χ4n) is 0.166. The standard InChI is InChI=1S/CH3N5.Ca/c2-1-3-5-6-4-1;/h(H3,2,3,4,5,6);. The van der Waals surface area contributed by atoms with E-state index in [2.05, 4.69) is 20.6 Å². The number of anilines is 1. The van der Waals surface area contributed by atoms with Crippen molar-refractivity contribution < 1.29 is 0 Å². The summed E-state index contributed by atoms with van der Waals surface area (Å²) in [7, 11) is 0. The summed E-state index contributed by atoms with van der Waals surface area (Å²) < 4.78 is 0. The molecule has 0 aromatic carbocycles. The topological polar surface area (TPSA) is 80.5 Å². The Hall–Kier alpha value is 0.130. The van der Waals surface area contributed by atoms with Crippen LogP contribution in [0.25, 0.3) is 0 Å². The minimum absolute atomic E-state index is 0. The summed E-state index contributed by atoms with van der Waals surface area (Å²) >= 11 is 0. The van der Waals surface area contributed by atoms with Crippen molar-refractivity contribution in [2.24, 2.45) is 0 Å². The van der Waals surface area contributed by atoms with E-state index < -0.39 is 0 Å². The maximum Gasteiger partial charge on any atom is 0.237 e. The van der Waals surface area contributed by atoms with Crippen LogP contribution in [0.15, 0.2) is 0 Å². The Morgan fingerprint density at radius 2 is 2.29 bits per heavy atom. The predicted octanol–water partition coefficient (Wildman–Crippen LogP) is -1.60. The molecule has 0 fully saturated rings. The van der Waals surface area contributed by atoms with Crippen LogP contribution in [0.1, 0.15) is 0 Å². The molecule has 34 valence electrons. The van der Waals surface area contributed by atoms with Gasteiger partial charge < -0.3 is 5.73 Å². The molecule has 0 aliphatic carbocycles. The first-order chi connectivity index (χ1) is 2.89. The average Bonchev–Trinajstić information content (AvgIpc) is 1.86. The number of hydrogen-bond acceptors (Lipinski definition) is 4. The second kappa shape index (κ2) is 3.17. The van der Waals surface area contributed by atoms with Gasteiger partial charge in [0.25, 0.3) is 0 Å². The van der Waals surface area contributed by atoms with Crippen molar-refractivity contribution in [1.82, 2.24) is 20.6 Å². The Morgan fingerprint density at radius 1 is 1.57 bits per heavy atom. The van der Waals surface area contributed by atoms with Crippen LogP contribution >= 0.6 is 0 Å². The normalized spacial score (nSPS) is 7.43. The van der Waals surface area contributed by atoms with E-state index in [0.29, 0.717) is 0 Å². The minimum atomic E-state index is 0. The van der Waals surface area contributed by atoms with E-state index in [0.717, 1.165) is 0 Å². The Bertz CT molecular complexity index is 112. The van der Waals surface area contributed by atoms with Crippen LogP contribution in [-0.2, 0) is 0 Å². The number of H-pyrrole nitrogens is 1. The minimum Gasteiger partial charge on any atom is -0.367 e. The van der Waals surface area contributed by atoms with Gasteiger partial charge in [-0.3, -0.25) is 0 Å². The third kappa shape index (κ3) is 2.06. The van der Waals surface area contributed by atoms with Gasteiger partial charge >= 0.3 is 0 Å². The Balaban J connectivity index is 0.000000360. The van der Waals surface area contributed by atoms with Gasteiger partial charge in [-0.1, -0.05) is 5.10 Å². The molecule has 5 nitrogen and oxygen atoms in total. The molecule has 6 heteroatoms. The van der Waals surface area contributed by atoms with Crippen molar-refractivity contribution in [2.45, 2.75) is 0 Å². The third-order valence-electron chi connectivity index (χ3n) is 0.362. The summed E-state index contributed by atoms with van der Waals surface area (Å²) in [6, 6.07) is 0. The summed E-state index contributed by atoms with van der Waals surface area (Å²) in [5.74, 6) is 0.245. The second-order valence-electron chi connectivity index (χ2n) is 0.786. The van der Waals surface area contributed by atoms with Crippen LogP contribution in [0, 0.1) is 0 Å². The number of aromatic nitrogens is 4. The maximum atomic E-state index is 4.99. The van der Waals surface area contributed by atoms with Gasteiger partial charge in [-0.2, -0.15) is 0 Å². The van der Waals surface area contributed by atoms with Gasteiger partial charge in [0.15, 0.2) is 0 Å². The Labute approximate surface area is 69.7 Å². The summed E-state index contributed by atoms with van der Waals surface area (Å²) in [5, 5.41) is 11.9. The van der Waals surface area contributed by atoms with Gasteiger partial charge in [-0.15, -0.1) is 0 Å². The number of nitrogens with two attached hydrogens (primary N) is 1. The van der Waals surface area contributed by atoms with Crippen molar-refractivity contribution in [3.8, 4) is 0 Å². The molecule has 0 spiro atoms. The van der Waals surface area contributed by atoms with E-state index in [1.807, 2.05) is 0 Å². The molecular formula is CH3CaN5. The van der Waals surface area contributed by atoms with Crippen molar-refractivity contribution in [2.75, 3.05) is 5.73 Å². The first-order valence-electron chi connectivity index (χ1n) is 1.39. The summed E-state index contributed by atoms with van der Waals surface area (Å²) in [6.45, 7) is 0. The van der Waals surface area contributed by atoms with E-state index in [9.17, 15) is 0 Å². The van der Waals surface area contributed by atoms with Crippen LogP contribution in [-0.4, -0.2) is 58.4 Å². The van der Waals surface area contributed by atoms with Crippen LogP contribution in [0.2, 0.25) is 0 Å². The molecule has 1 aromatic rings. The van der Waals surface area contributed by atoms with Crippen LogP contribution in [0.4, 0.5) is 5.95 Å². The molecule has 0 saturated carbocycles. The molecule has 0 bridgehead atoms. The zero-order chi connectivity index (χ0) is 4.41. The van der Waals surface area contributed by atoms with Gasteiger partial charge in [-0.25, -0.2) is 5.10 Å². The number of aromatic amines is 1. The summed E-state index contributed by atoms with van der Waals surface area (Å²) in [4.78, 5) is 0. The number of rotatable bonds is 0. The molecule has 0 unspecified atom stereocenters. The maximum absolute atomic E-state index is 4.99. The molecule has 0 aliphatic heterocycles. The van der Waals surface area contributed by atoms with E-state index in [1.54, 1.807) is 0 Å². The van der Waals surface area contributed by atoms with Gasteiger partial charge in [-0.05, 0) is 10.4 Å². The fraction of sp³-hybridized carbons (Fsp3) is 0. The molecule has 1 rings (SSSR count). The molecule has 0 amide bonds. The zero-order valence-electron chi connectivity index (χ0n) is 3.63. The molecule has 0 aliphatic rings. The molecule has 2 radical (unpaired) electrons. The van der Waals surface area contributed by atoms with E-state index >= 15 is 0 Å². The smallest absolute Gasteiger partial charge is 0.237 e. The number of hydrogen-bond donors (Lipinski definition) is 2. The number of nitrogens with zero attached hydrogens (tertiary/aromatic N) is 3. The SMILES string of the molecule is Nc1nnn[nH]1.[Ca]. The van der Waals surface area contributed by atoms with Gasteiger partial charge in [0.1, 0.15) is 0 Å². The molecule has 1 heterocycles. The molecule has 1 aromatic heterocycles. The van der Waals surface area contributed by atoms with E-state index in [4.69, 9.17) is 5.73 Å². The van der Waals surface area contributed by atoms with Crippen LogP contribution in [0.5, 0.6) is 0 Å². The van der Waals surface area contributed by atoms with Crippen molar-refractivity contribution in [3.63, 3.8) is 0 Å². The number of nitrogen functional groups attached to an aromatic ring is 1.